The number of nitrogens with one attached hydrogen (secondary N) is 2. The molecule has 0 aliphatic carbocycles. The molecule has 1 amide bonds. The molecule has 0 bridgehead atoms. The van der Waals surface area contributed by atoms with Crippen LogP contribution in [0.1, 0.15) is 12.8 Å². The van der Waals surface area contributed by atoms with E-state index in [2.05, 4.69) is 15.5 Å². The molecular weight excluding hydrogens is 312 g/mol. The van der Waals surface area contributed by atoms with Gasteiger partial charge in [-0.2, -0.15) is 0 Å². The van der Waals surface area contributed by atoms with Gasteiger partial charge in [-0.15, -0.1) is 12.4 Å². The highest BCUT2D eigenvalue weighted by atomic mass is 35.5. The number of fused-ring (bicyclic) bond motifs is 1. The third-order valence-electron chi connectivity index (χ3n) is 4.31. The van der Waals surface area contributed by atoms with Crippen LogP contribution in [0.2, 0.25) is 0 Å². The van der Waals surface area contributed by atoms with Crippen molar-refractivity contribution in [1.29, 1.82) is 0 Å². The summed E-state index contributed by atoms with van der Waals surface area (Å²) >= 11 is 0. The van der Waals surface area contributed by atoms with Gasteiger partial charge in [-0.05, 0) is 37.4 Å². The Balaban J connectivity index is 0.00000176. The summed E-state index contributed by atoms with van der Waals surface area (Å²) < 4.78 is 25.9. The van der Waals surface area contributed by atoms with Crippen LogP contribution in [0.5, 0.6) is 0 Å². The molecule has 22 heavy (non-hydrogen) atoms. The fourth-order valence-electron chi connectivity index (χ4n) is 3.24. The van der Waals surface area contributed by atoms with Crippen LogP contribution in [0, 0.1) is 17.6 Å². The molecule has 1 aromatic rings. The highest BCUT2D eigenvalue weighted by molar-refractivity contribution is 5.92. The number of piperidine rings is 1. The van der Waals surface area contributed by atoms with E-state index in [0.717, 1.165) is 44.6 Å². The van der Waals surface area contributed by atoms with E-state index in [9.17, 15) is 13.6 Å². The Morgan fingerprint density at radius 3 is 2.91 bits per heavy atom. The van der Waals surface area contributed by atoms with Gasteiger partial charge in [0.2, 0.25) is 5.91 Å². The highest BCUT2D eigenvalue weighted by Gasteiger charge is 2.32. The number of hydrogen-bond acceptors (Lipinski definition) is 3. The van der Waals surface area contributed by atoms with Gasteiger partial charge in [0, 0.05) is 30.9 Å². The first-order valence-electron chi connectivity index (χ1n) is 7.32. The Morgan fingerprint density at radius 2 is 2.14 bits per heavy atom. The van der Waals surface area contributed by atoms with E-state index >= 15 is 0 Å². The minimum Gasteiger partial charge on any atom is -0.325 e. The van der Waals surface area contributed by atoms with Crippen LogP contribution < -0.4 is 10.6 Å². The summed E-state index contributed by atoms with van der Waals surface area (Å²) in [6.07, 6.45) is 2.22. The standard InChI is InChI=1S/C15H19F2N3O.ClH/c16-12-2-1-11(7-13(12)17)19-15(21)9-20-6-4-14-10(8-20)3-5-18-14;/h1-2,7,10,14,18H,3-6,8-9H2,(H,19,21);1H. The molecule has 2 unspecified atom stereocenters. The molecule has 0 spiro atoms. The van der Waals surface area contributed by atoms with Crippen molar-refractivity contribution < 1.29 is 13.6 Å². The average molecular weight is 332 g/mol. The molecule has 2 atom stereocenters. The second kappa shape index (κ2) is 7.35. The summed E-state index contributed by atoms with van der Waals surface area (Å²) in [7, 11) is 0. The normalized spacial score (nSPS) is 24.5. The van der Waals surface area contributed by atoms with E-state index in [1.54, 1.807) is 0 Å². The lowest BCUT2D eigenvalue weighted by Gasteiger charge is -2.34. The molecule has 4 nitrogen and oxygen atoms in total. The SMILES string of the molecule is Cl.O=C(CN1CCC2NCCC2C1)Nc1ccc(F)c(F)c1. The number of halogens is 3. The number of hydrogen-bond donors (Lipinski definition) is 2. The summed E-state index contributed by atoms with van der Waals surface area (Å²) in [5.74, 6) is -1.44. The molecule has 2 saturated heterocycles. The van der Waals surface area contributed by atoms with Gasteiger partial charge < -0.3 is 10.6 Å². The second-order valence-electron chi connectivity index (χ2n) is 5.81. The van der Waals surface area contributed by atoms with Crippen molar-refractivity contribution in [2.24, 2.45) is 5.92 Å². The zero-order valence-corrected chi connectivity index (χ0v) is 13.0. The van der Waals surface area contributed by atoms with Gasteiger partial charge in [0.05, 0.1) is 6.54 Å². The highest BCUT2D eigenvalue weighted by Crippen LogP contribution is 2.24. The van der Waals surface area contributed by atoms with Gasteiger partial charge in [-0.1, -0.05) is 0 Å². The molecule has 2 heterocycles. The van der Waals surface area contributed by atoms with Gasteiger partial charge in [0.1, 0.15) is 0 Å². The van der Waals surface area contributed by atoms with Crippen molar-refractivity contribution in [2.75, 3.05) is 31.5 Å². The fourth-order valence-corrected chi connectivity index (χ4v) is 3.24. The van der Waals surface area contributed by atoms with Gasteiger partial charge in [-0.25, -0.2) is 8.78 Å². The number of carbonyl (C=O) groups is 1. The third-order valence-corrected chi connectivity index (χ3v) is 4.31. The number of likely N-dealkylation sites (tertiary alicyclic amines) is 1. The molecule has 1 aromatic carbocycles. The van der Waals surface area contributed by atoms with Crippen LogP contribution in [0.3, 0.4) is 0 Å². The van der Waals surface area contributed by atoms with Crippen molar-refractivity contribution in [3.8, 4) is 0 Å². The molecule has 0 saturated carbocycles. The molecule has 2 N–H and O–H groups in total. The monoisotopic (exact) mass is 331 g/mol. The molecule has 2 aliphatic heterocycles. The molecule has 3 rings (SSSR count). The van der Waals surface area contributed by atoms with Crippen LogP contribution in [0.4, 0.5) is 14.5 Å². The van der Waals surface area contributed by atoms with Crippen molar-refractivity contribution in [2.45, 2.75) is 18.9 Å². The summed E-state index contributed by atoms with van der Waals surface area (Å²) in [6.45, 7) is 3.16. The topological polar surface area (TPSA) is 44.4 Å². The summed E-state index contributed by atoms with van der Waals surface area (Å²) in [4.78, 5) is 14.1. The molecule has 0 aromatic heterocycles. The van der Waals surface area contributed by atoms with E-state index < -0.39 is 11.6 Å². The van der Waals surface area contributed by atoms with Gasteiger partial charge in [0.15, 0.2) is 11.6 Å². The number of carbonyl (C=O) groups excluding carboxylic acids is 1. The maximum atomic E-state index is 13.1. The lowest BCUT2D eigenvalue weighted by atomic mass is 9.93. The van der Waals surface area contributed by atoms with Gasteiger partial charge >= 0.3 is 0 Å². The Kier molecular flexibility index (Phi) is 5.72. The van der Waals surface area contributed by atoms with Crippen LogP contribution in [0.25, 0.3) is 0 Å². The number of benzene rings is 1. The minimum absolute atomic E-state index is 0. The zero-order valence-electron chi connectivity index (χ0n) is 12.1. The molecule has 2 fully saturated rings. The Morgan fingerprint density at radius 1 is 1.32 bits per heavy atom. The van der Waals surface area contributed by atoms with Crippen molar-refractivity contribution in [3.05, 3.63) is 29.8 Å². The van der Waals surface area contributed by atoms with Crippen LogP contribution in [0.15, 0.2) is 18.2 Å². The molecular formula is C15H20ClF2N3O. The predicted molar refractivity (Wildman–Crippen MR) is 83.2 cm³/mol. The molecule has 7 heteroatoms. The smallest absolute Gasteiger partial charge is 0.238 e. The number of anilines is 1. The quantitative estimate of drug-likeness (QED) is 0.890. The predicted octanol–water partition coefficient (Wildman–Crippen LogP) is 2.01. The molecule has 2 aliphatic rings. The zero-order chi connectivity index (χ0) is 14.8. The number of amides is 1. The van der Waals surface area contributed by atoms with E-state index in [0.29, 0.717) is 18.5 Å². The third kappa shape index (κ3) is 3.94. The van der Waals surface area contributed by atoms with E-state index in [1.807, 2.05) is 0 Å². The van der Waals surface area contributed by atoms with E-state index in [4.69, 9.17) is 0 Å². The Labute approximate surface area is 134 Å². The maximum Gasteiger partial charge on any atom is 0.238 e. The van der Waals surface area contributed by atoms with Crippen LogP contribution in [-0.2, 0) is 4.79 Å². The first kappa shape index (κ1) is 17.1. The molecule has 122 valence electrons. The van der Waals surface area contributed by atoms with Crippen molar-refractivity contribution >= 4 is 24.0 Å². The van der Waals surface area contributed by atoms with Crippen LogP contribution >= 0.6 is 12.4 Å². The lowest BCUT2D eigenvalue weighted by Crippen LogP contribution is -2.46. The maximum absolute atomic E-state index is 13.1. The van der Waals surface area contributed by atoms with E-state index in [1.165, 1.54) is 6.07 Å². The first-order chi connectivity index (χ1) is 10.1. The van der Waals surface area contributed by atoms with E-state index in [-0.39, 0.29) is 24.0 Å². The molecule has 0 radical (unpaired) electrons. The number of nitrogens with zero attached hydrogens (tertiary/aromatic N) is 1. The second-order valence-corrected chi connectivity index (χ2v) is 5.81. The average Bonchev–Trinajstić information content (AvgIpc) is 2.90. The minimum atomic E-state index is -0.953. The lowest BCUT2D eigenvalue weighted by molar-refractivity contribution is -0.117. The fraction of sp³-hybridized carbons (Fsp3) is 0.533. The van der Waals surface area contributed by atoms with Crippen molar-refractivity contribution in [1.82, 2.24) is 10.2 Å². The van der Waals surface area contributed by atoms with Crippen LogP contribution in [-0.4, -0.2) is 43.0 Å². The van der Waals surface area contributed by atoms with Gasteiger partial charge in [-0.3, -0.25) is 9.69 Å². The van der Waals surface area contributed by atoms with Crippen molar-refractivity contribution in [3.63, 3.8) is 0 Å². The number of rotatable bonds is 3. The first-order valence-corrected chi connectivity index (χ1v) is 7.32. The van der Waals surface area contributed by atoms with Gasteiger partial charge in [0.25, 0.3) is 0 Å². The Hall–Kier alpha value is -1.24. The summed E-state index contributed by atoms with van der Waals surface area (Å²) in [6, 6.07) is 3.97. The Bertz CT molecular complexity index is 544. The largest absolute Gasteiger partial charge is 0.325 e. The summed E-state index contributed by atoms with van der Waals surface area (Å²) in [5, 5.41) is 6.09. The summed E-state index contributed by atoms with van der Waals surface area (Å²) in [5.41, 5.74) is 0.288.